The number of rotatable bonds is 6. The maximum Gasteiger partial charge on any atom is 0.335 e. The van der Waals surface area contributed by atoms with E-state index in [0.29, 0.717) is 12.5 Å². The first-order valence-electron chi connectivity index (χ1n) is 7.22. The summed E-state index contributed by atoms with van der Waals surface area (Å²) in [6, 6.07) is 3.23. The van der Waals surface area contributed by atoms with E-state index in [9.17, 15) is 19.7 Å². The maximum atomic E-state index is 12.2. The number of nitrogens with zero attached hydrogens (tertiary/aromatic N) is 1. The number of carbonyl (C=O) groups excluding carboxylic acids is 1. The van der Waals surface area contributed by atoms with E-state index in [0.717, 1.165) is 25.0 Å². The molecule has 0 heterocycles. The van der Waals surface area contributed by atoms with Crippen LogP contribution in [0.15, 0.2) is 18.2 Å². The molecule has 0 spiro atoms. The minimum Gasteiger partial charge on any atom is -0.478 e. The van der Waals surface area contributed by atoms with Crippen LogP contribution in [0, 0.1) is 21.4 Å². The van der Waals surface area contributed by atoms with Gasteiger partial charge in [-0.1, -0.05) is 0 Å². The van der Waals surface area contributed by atoms with Gasteiger partial charge >= 0.3 is 5.97 Å². The Bertz CT molecular complexity index is 630. The van der Waals surface area contributed by atoms with Gasteiger partial charge < -0.3 is 10.4 Å². The number of nitro groups is 1. The highest BCUT2D eigenvalue weighted by molar-refractivity contribution is 5.98. The molecule has 0 aliphatic heterocycles. The van der Waals surface area contributed by atoms with Crippen molar-refractivity contribution in [1.29, 1.82) is 0 Å². The molecule has 2 aliphatic rings. The van der Waals surface area contributed by atoms with Crippen LogP contribution in [0.25, 0.3) is 0 Å². The maximum absolute atomic E-state index is 12.2. The van der Waals surface area contributed by atoms with E-state index in [2.05, 4.69) is 5.32 Å². The number of hydrogen-bond donors (Lipinski definition) is 2. The summed E-state index contributed by atoms with van der Waals surface area (Å²) in [4.78, 5) is 33.4. The summed E-state index contributed by atoms with van der Waals surface area (Å²) in [5.41, 5.74) is -0.430. The highest BCUT2D eigenvalue weighted by Crippen LogP contribution is 2.60. The number of aromatic carboxylic acids is 1. The number of carboxylic acids is 1. The van der Waals surface area contributed by atoms with Crippen LogP contribution in [0.2, 0.25) is 0 Å². The van der Waals surface area contributed by atoms with Crippen LogP contribution in [-0.4, -0.2) is 28.5 Å². The summed E-state index contributed by atoms with van der Waals surface area (Å²) in [5.74, 6) is -1.07. The molecule has 7 heteroatoms. The zero-order valence-corrected chi connectivity index (χ0v) is 11.9. The van der Waals surface area contributed by atoms with Crippen molar-refractivity contribution in [2.24, 2.45) is 11.3 Å². The van der Waals surface area contributed by atoms with Crippen LogP contribution in [-0.2, 0) is 0 Å². The summed E-state index contributed by atoms with van der Waals surface area (Å²) in [6.45, 7) is 0.557. The van der Waals surface area contributed by atoms with E-state index < -0.39 is 22.5 Å². The molecule has 7 nitrogen and oxygen atoms in total. The predicted octanol–water partition coefficient (Wildman–Crippen LogP) is 2.21. The normalized spacial score (nSPS) is 18.5. The fourth-order valence-corrected chi connectivity index (χ4v) is 2.92. The Morgan fingerprint density at radius 3 is 2.41 bits per heavy atom. The minimum absolute atomic E-state index is 0.0122. The zero-order chi connectivity index (χ0) is 15.9. The molecule has 0 radical (unpaired) electrons. The number of non-ortho nitro benzene ring substituents is 1. The van der Waals surface area contributed by atoms with Crippen molar-refractivity contribution in [2.45, 2.75) is 25.7 Å². The van der Waals surface area contributed by atoms with Crippen molar-refractivity contribution >= 4 is 17.6 Å². The van der Waals surface area contributed by atoms with Gasteiger partial charge in [0.25, 0.3) is 11.6 Å². The largest absolute Gasteiger partial charge is 0.478 e. The fourth-order valence-electron chi connectivity index (χ4n) is 2.92. The van der Waals surface area contributed by atoms with Crippen molar-refractivity contribution in [2.75, 3.05) is 6.54 Å². The number of carbonyl (C=O) groups is 2. The lowest BCUT2D eigenvalue weighted by molar-refractivity contribution is -0.384. The van der Waals surface area contributed by atoms with Crippen molar-refractivity contribution in [3.05, 3.63) is 39.4 Å². The number of nitrogens with one attached hydrogen (secondary N) is 1. The van der Waals surface area contributed by atoms with E-state index in [1.165, 1.54) is 18.9 Å². The molecule has 1 amide bonds. The molecule has 2 saturated carbocycles. The third-order valence-electron chi connectivity index (χ3n) is 4.57. The molecule has 0 bridgehead atoms. The predicted molar refractivity (Wildman–Crippen MR) is 76.8 cm³/mol. The molecule has 0 aromatic heterocycles. The molecule has 2 aliphatic carbocycles. The van der Waals surface area contributed by atoms with Gasteiger partial charge in [0.2, 0.25) is 0 Å². The van der Waals surface area contributed by atoms with Crippen LogP contribution in [0.4, 0.5) is 5.69 Å². The second kappa shape index (κ2) is 5.08. The molecular weight excluding hydrogens is 288 g/mol. The Morgan fingerprint density at radius 2 is 1.91 bits per heavy atom. The Labute approximate surface area is 126 Å². The standard InChI is InChI=1S/C15H16N2O5/c18-13(16-8-15(3-4-15)11-1-2-11)9-5-10(14(19)20)7-12(6-9)17(21)22/h5-7,11H,1-4,8H2,(H,16,18)(H,19,20). The van der Waals surface area contributed by atoms with Crippen LogP contribution in [0.3, 0.4) is 0 Å². The summed E-state index contributed by atoms with van der Waals surface area (Å²) >= 11 is 0. The molecule has 1 aromatic carbocycles. The number of amides is 1. The molecule has 3 rings (SSSR count). The number of hydrogen-bond acceptors (Lipinski definition) is 4. The first-order valence-corrected chi connectivity index (χ1v) is 7.22. The summed E-state index contributed by atoms with van der Waals surface area (Å²) < 4.78 is 0. The van der Waals surface area contributed by atoms with Gasteiger partial charge in [-0.3, -0.25) is 14.9 Å². The Morgan fingerprint density at radius 1 is 1.27 bits per heavy atom. The highest BCUT2D eigenvalue weighted by atomic mass is 16.6. The molecular formula is C15H16N2O5. The van der Waals surface area contributed by atoms with Gasteiger partial charge in [0.05, 0.1) is 10.5 Å². The summed E-state index contributed by atoms with van der Waals surface area (Å²) in [6.07, 6.45) is 4.62. The van der Waals surface area contributed by atoms with Gasteiger partial charge in [-0.05, 0) is 43.1 Å². The first kappa shape index (κ1) is 14.5. The van der Waals surface area contributed by atoms with E-state index in [-0.39, 0.29) is 16.5 Å². The van der Waals surface area contributed by atoms with Gasteiger partial charge in [0.1, 0.15) is 0 Å². The third-order valence-corrected chi connectivity index (χ3v) is 4.57. The highest BCUT2D eigenvalue weighted by Gasteiger charge is 2.53. The first-order chi connectivity index (χ1) is 10.4. The monoisotopic (exact) mass is 304 g/mol. The quantitative estimate of drug-likeness (QED) is 0.618. The lowest BCUT2D eigenvalue weighted by atomic mass is 10.0. The van der Waals surface area contributed by atoms with Gasteiger partial charge in [0.15, 0.2) is 0 Å². The third kappa shape index (κ3) is 2.79. The van der Waals surface area contributed by atoms with Crippen LogP contribution in [0.1, 0.15) is 46.4 Å². The second-order valence-corrected chi connectivity index (χ2v) is 6.15. The van der Waals surface area contributed by atoms with E-state index >= 15 is 0 Å². The SMILES string of the molecule is O=C(O)c1cc(C(=O)NCC2(C3CC3)CC2)cc([N+](=O)[O-])c1. The number of benzene rings is 1. The minimum atomic E-state index is -1.30. The van der Waals surface area contributed by atoms with Crippen molar-refractivity contribution in [3.8, 4) is 0 Å². The zero-order valence-electron chi connectivity index (χ0n) is 11.9. The Balaban J connectivity index is 1.76. The average molecular weight is 304 g/mol. The Kier molecular flexibility index (Phi) is 3.35. The lowest BCUT2D eigenvalue weighted by Gasteiger charge is -2.15. The number of carboxylic acid groups (broad SMARTS) is 1. The van der Waals surface area contributed by atoms with Crippen molar-refractivity contribution < 1.29 is 19.6 Å². The smallest absolute Gasteiger partial charge is 0.335 e. The van der Waals surface area contributed by atoms with Gasteiger partial charge in [0, 0.05) is 24.2 Å². The van der Waals surface area contributed by atoms with Crippen LogP contribution >= 0.6 is 0 Å². The molecule has 116 valence electrons. The second-order valence-electron chi connectivity index (χ2n) is 6.15. The van der Waals surface area contributed by atoms with Gasteiger partial charge in [-0.15, -0.1) is 0 Å². The Hall–Kier alpha value is -2.44. The summed E-state index contributed by atoms with van der Waals surface area (Å²) in [7, 11) is 0. The molecule has 2 fully saturated rings. The van der Waals surface area contributed by atoms with Gasteiger partial charge in [-0.25, -0.2) is 4.79 Å². The molecule has 1 aromatic rings. The molecule has 2 N–H and O–H groups in total. The topological polar surface area (TPSA) is 110 Å². The van der Waals surface area contributed by atoms with Crippen molar-refractivity contribution in [1.82, 2.24) is 5.32 Å². The number of nitro benzene ring substituents is 1. The van der Waals surface area contributed by atoms with E-state index in [1.807, 2.05) is 0 Å². The average Bonchev–Trinajstić information content (AvgIpc) is 3.37. The lowest BCUT2D eigenvalue weighted by Crippen LogP contribution is -2.31. The van der Waals surface area contributed by atoms with Crippen molar-refractivity contribution in [3.63, 3.8) is 0 Å². The van der Waals surface area contributed by atoms with E-state index in [4.69, 9.17) is 5.11 Å². The summed E-state index contributed by atoms with van der Waals surface area (Å²) in [5, 5.41) is 22.7. The van der Waals surface area contributed by atoms with Crippen LogP contribution in [0.5, 0.6) is 0 Å². The fraction of sp³-hybridized carbons (Fsp3) is 0.467. The molecule has 22 heavy (non-hydrogen) atoms. The molecule has 0 atom stereocenters. The van der Waals surface area contributed by atoms with Gasteiger partial charge in [-0.2, -0.15) is 0 Å². The van der Waals surface area contributed by atoms with Crippen LogP contribution < -0.4 is 5.32 Å². The molecule has 0 saturated heterocycles. The van der Waals surface area contributed by atoms with E-state index in [1.54, 1.807) is 0 Å². The molecule has 0 unspecified atom stereocenters.